The van der Waals surface area contributed by atoms with Crippen LogP contribution in [0, 0.1) is 25.5 Å². The highest BCUT2D eigenvalue weighted by Crippen LogP contribution is 2.29. The first kappa shape index (κ1) is 23.4. The highest BCUT2D eigenvalue weighted by molar-refractivity contribution is 5.94. The van der Waals surface area contributed by atoms with Gasteiger partial charge in [-0.25, -0.2) is 18.8 Å². The van der Waals surface area contributed by atoms with E-state index in [1.54, 1.807) is 20.1 Å². The van der Waals surface area contributed by atoms with Crippen LogP contribution in [0.25, 0.3) is 10.9 Å². The number of H-pyrrole nitrogens is 2. The van der Waals surface area contributed by atoms with Crippen LogP contribution in [-0.2, 0) is 4.74 Å². The Balaban J connectivity index is 1.57. The molecule has 1 aliphatic rings. The molecule has 1 aromatic carbocycles. The lowest BCUT2D eigenvalue weighted by Crippen LogP contribution is -2.30. The highest BCUT2D eigenvalue weighted by Gasteiger charge is 2.24. The lowest BCUT2D eigenvalue weighted by atomic mass is 10.2. The summed E-state index contributed by atoms with van der Waals surface area (Å²) in [6.45, 7) is 8.33. The maximum Gasteiger partial charge on any atom is 0.181 e. The van der Waals surface area contributed by atoms with Crippen molar-refractivity contribution in [2.75, 3.05) is 32.2 Å². The fourth-order valence-corrected chi connectivity index (χ4v) is 3.83. The van der Waals surface area contributed by atoms with Gasteiger partial charge in [-0.05, 0) is 33.1 Å². The second kappa shape index (κ2) is 10.0. The van der Waals surface area contributed by atoms with E-state index in [1.165, 1.54) is 6.07 Å². The number of aromatic amines is 2. The average Bonchev–Trinajstić information content (AvgIpc) is 3.55. The molecule has 3 aromatic rings. The van der Waals surface area contributed by atoms with E-state index < -0.39 is 11.6 Å². The maximum atomic E-state index is 14.9. The van der Waals surface area contributed by atoms with Crippen molar-refractivity contribution in [3.8, 4) is 5.75 Å². The van der Waals surface area contributed by atoms with Crippen molar-refractivity contribution in [1.29, 1.82) is 0 Å². The minimum absolute atomic E-state index is 0.0624. The number of nitrogens with zero attached hydrogens (tertiary/aromatic N) is 4. The SMILES string of the molecule is C=N/C(=C\C(=N/COc1cc(F)c2[nH]c(C)cc2c1F)N1CCC(OC)C1)Nc1cc(C)[nH]n1. The zero-order valence-corrected chi connectivity index (χ0v) is 19.3. The summed E-state index contributed by atoms with van der Waals surface area (Å²) in [6, 6.07) is 4.39. The summed E-state index contributed by atoms with van der Waals surface area (Å²) in [6.07, 6.45) is 2.59. The Labute approximate surface area is 195 Å². The van der Waals surface area contributed by atoms with Crippen LogP contribution in [0.2, 0.25) is 0 Å². The van der Waals surface area contributed by atoms with E-state index in [0.29, 0.717) is 36.3 Å². The van der Waals surface area contributed by atoms with Crippen LogP contribution in [0.3, 0.4) is 0 Å². The number of aryl methyl sites for hydroxylation is 2. The summed E-state index contributed by atoms with van der Waals surface area (Å²) in [4.78, 5) is 13.3. The molecule has 34 heavy (non-hydrogen) atoms. The van der Waals surface area contributed by atoms with Crippen molar-refractivity contribution < 1.29 is 18.3 Å². The van der Waals surface area contributed by atoms with Gasteiger partial charge in [-0.15, -0.1) is 0 Å². The topological polar surface area (TPSA) is 103 Å². The van der Waals surface area contributed by atoms with Crippen molar-refractivity contribution in [3.63, 3.8) is 0 Å². The van der Waals surface area contributed by atoms with Gasteiger partial charge in [0.1, 0.15) is 11.7 Å². The predicted octanol–water partition coefficient (Wildman–Crippen LogP) is 3.90. The normalized spacial score (nSPS) is 17.0. The molecule has 0 radical (unpaired) electrons. The molecule has 1 saturated heterocycles. The first-order valence-corrected chi connectivity index (χ1v) is 10.8. The lowest BCUT2D eigenvalue weighted by Gasteiger charge is -2.19. The fraction of sp³-hybridized carbons (Fsp3) is 0.348. The van der Waals surface area contributed by atoms with Gasteiger partial charge in [0.05, 0.1) is 11.6 Å². The summed E-state index contributed by atoms with van der Waals surface area (Å²) >= 11 is 0. The highest BCUT2D eigenvalue weighted by atomic mass is 19.1. The first-order chi connectivity index (χ1) is 16.4. The van der Waals surface area contributed by atoms with E-state index in [2.05, 4.69) is 37.2 Å². The average molecular weight is 472 g/mol. The first-order valence-electron chi connectivity index (χ1n) is 10.8. The van der Waals surface area contributed by atoms with Gasteiger partial charge in [0, 0.05) is 55.2 Å². The van der Waals surface area contributed by atoms with Crippen molar-refractivity contribution in [3.05, 3.63) is 53.1 Å². The third-order valence-corrected chi connectivity index (χ3v) is 5.55. The largest absolute Gasteiger partial charge is 0.468 e. The van der Waals surface area contributed by atoms with E-state index in [0.717, 1.165) is 18.2 Å². The fourth-order valence-electron chi connectivity index (χ4n) is 3.83. The number of methoxy groups -OCH3 is 1. The van der Waals surface area contributed by atoms with Gasteiger partial charge in [0.15, 0.2) is 29.9 Å². The van der Waals surface area contributed by atoms with E-state index in [-0.39, 0.29) is 29.5 Å². The van der Waals surface area contributed by atoms with Gasteiger partial charge in [-0.3, -0.25) is 5.10 Å². The molecule has 4 rings (SSSR count). The molecule has 3 N–H and O–H groups in total. The number of nitrogens with one attached hydrogen (secondary N) is 3. The molecular formula is C23H27F2N7O2. The van der Waals surface area contributed by atoms with Gasteiger partial charge < -0.3 is 24.7 Å². The van der Waals surface area contributed by atoms with Crippen LogP contribution in [-0.4, -0.2) is 65.7 Å². The summed E-state index contributed by atoms with van der Waals surface area (Å²) in [5.74, 6) is 0.101. The molecule has 9 nitrogen and oxygen atoms in total. The number of likely N-dealkylation sites (tertiary alicyclic amines) is 1. The molecule has 180 valence electrons. The molecule has 0 spiro atoms. The summed E-state index contributed by atoms with van der Waals surface area (Å²) < 4.78 is 40.2. The number of hydrogen-bond acceptors (Lipinski definition) is 6. The Hall–Kier alpha value is -3.73. The second-order valence-electron chi connectivity index (χ2n) is 8.04. The number of anilines is 1. The van der Waals surface area contributed by atoms with Crippen LogP contribution in [0.1, 0.15) is 17.8 Å². The number of aliphatic imine (C=N–C) groups is 2. The molecule has 1 fully saturated rings. The number of hydrogen-bond donors (Lipinski definition) is 3. The Morgan fingerprint density at radius 2 is 2.15 bits per heavy atom. The van der Waals surface area contributed by atoms with E-state index in [9.17, 15) is 8.78 Å². The number of rotatable bonds is 8. The molecule has 1 unspecified atom stereocenters. The summed E-state index contributed by atoms with van der Waals surface area (Å²) in [5.41, 5.74) is 1.65. The molecule has 2 aromatic heterocycles. The third-order valence-electron chi connectivity index (χ3n) is 5.55. The molecule has 0 bridgehead atoms. The quantitative estimate of drug-likeness (QED) is 0.342. The zero-order valence-electron chi connectivity index (χ0n) is 19.3. The van der Waals surface area contributed by atoms with Gasteiger partial charge in [0.2, 0.25) is 0 Å². The summed E-state index contributed by atoms with van der Waals surface area (Å²) in [5, 5.41) is 10.2. The number of amidine groups is 1. The minimum Gasteiger partial charge on any atom is -0.468 e. The third kappa shape index (κ3) is 5.09. The van der Waals surface area contributed by atoms with Crippen molar-refractivity contribution in [1.82, 2.24) is 20.1 Å². The number of benzene rings is 1. The molecule has 1 aliphatic heterocycles. The Morgan fingerprint density at radius 3 is 2.82 bits per heavy atom. The van der Waals surface area contributed by atoms with Crippen molar-refractivity contribution in [2.24, 2.45) is 9.98 Å². The van der Waals surface area contributed by atoms with Gasteiger partial charge in [-0.2, -0.15) is 5.10 Å². The van der Waals surface area contributed by atoms with Crippen LogP contribution >= 0.6 is 0 Å². The molecular weight excluding hydrogens is 444 g/mol. The molecule has 0 amide bonds. The van der Waals surface area contributed by atoms with Crippen LogP contribution in [0.15, 0.2) is 40.1 Å². The maximum absolute atomic E-state index is 14.9. The zero-order chi connectivity index (χ0) is 24.2. The summed E-state index contributed by atoms with van der Waals surface area (Å²) in [7, 11) is 1.66. The van der Waals surface area contributed by atoms with Crippen LogP contribution < -0.4 is 10.1 Å². The molecule has 0 aliphatic carbocycles. The second-order valence-corrected chi connectivity index (χ2v) is 8.04. The Bertz CT molecular complexity index is 1250. The monoisotopic (exact) mass is 471 g/mol. The molecule has 0 saturated carbocycles. The lowest BCUT2D eigenvalue weighted by molar-refractivity contribution is 0.114. The Kier molecular flexibility index (Phi) is 6.92. The number of fused-ring (bicyclic) bond motifs is 1. The molecule has 3 heterocycles. The van der Waals surface area contributed by atoms with Crippen molar-refractivity contribution >= 4 is 29.3 Å². The molecule has 1 atom stereocenters. The van der Waals surface area contributed by atoms with Crippen LogP contribution in [0.4, 0.5) is 14.6 Å². The number of halogens is 2. The Morgan fingerprint density at radius 1 is 1.32 bits per heavy atom. The van der Waals surface area contributed by atoms with E-state index >= 15 is 0 Å². The molecule has 11 heteroatoms. The van der Waals surface area contributed by atoms with Gasteiger partial charge >= 0.3 is 0 Å². The standard InChI is InChI=1S/C23H27F2N7O2/c1-13-7-16-22(25)18(9-17(24)23(16)28-13)34-12-27-21(32-6-5-15(11-32)33-4)10-19(26-3)29-20-8-14(2)30-31-20/h7-10,15,28H,3,5-6,11-12H2,1-2,4H3,(H2,29,30,31)/b19-10+,27-21+. The van der Waals surface area contributed by atoms with Gasteiger partial charge in [-0.1, -0.05) is 0 Å². The van der Waals surface area contributed by atoms with E-state index in [1.807, 2.05) is 17.9 Å². The minimum atomic E-state index is -0.641. The number of ether oxygens (including phenoxy) is 2. The van der Waals surface area contributed by atoms with E-state index in [4.69, 9.17) is 9.47 Å². The van der Waals surface area contributed by atoms with Crippen LogP contribution in [0.5, 0.6) is 5.75 Å². The smallest absolute Gasteiger partial charge is 0.181 e. The predicted molar refractivity (Wildman–Crippen MR) is 127 cm³/mol. The van der Waals surface area contributed by atoms with Crippen molar-refractivity contribution in [2.45, 2.75) is 26.4 Å². The number of aromatic nitrogens is 3. The van der Waals surface area contributed by atoms with Gasteiger partial charge in [0.25, 0.3) is 0 Å².